The Bertz CT molecular complexity index is 1100. The third-order valence-electron chi connectivity index (χ3n) is 6.26. The Labute approximate surface area is 200 Å². The summed E-state index contributed by atoms with van der Waals surface area (Å²) < 4.78 is 43.4. The van der Waals surface area contributed by atoms with E-state index in [2.05, 4.69) is 10.3 Å². The number of rotatable bonds is 5. The van der Waals surface area contributed by atoms with Crippen molar-refractivity contribution >= 4 is 23.5 Å². The number of aromatic nitrogens is 1. The number of morpholine rings is 1. The molecule has 2 aliphatic heterocycles. The first-order chi connectivity index (χ1) is 16.6. The van der Waals surface area contributed by atoms with E-state index < -0.39 is 30.5 Å². The smallest absolute Gasteiger partial charge is 0.389 e. The number of hydrogen-bond donors (Lipinski definition) is 2. The molecule has 0 unspecified atom stereocenters. The Balaban J connectivity index is 1.55. The summed E-state index contributed by atoms with van der Waals surface area (Å²) in [7, 11) is 0. The maximum Gasteiger partial charge on any atom is 0.389 e. The zero-order valence-electron chi connectivity index (χ0n) is 19.3. The van der Waals surface area contributed by atoms with E-state index >= 15 is 0 Å². The SMILES string of the molecule is Cc1ccc(NC(=O)N2CC[C@@H](CC(F)(F)F)C2)cc1-c1cc(C(=O)O)nc(N2CCOCC2)c1. The van der Waals surface area contributed by atoms with Gasteiger partial charge in [-0.05, 0) is 60.2 Å². The van der Waals surface area contributed by atoms with Crippen LogP contribution in [0.3, 0.4) is 0 Å². The largest absolute Gasteiger partial charge is 0.477 e. The standard InChI is InChI=1S/C24H27F3N4O4/c1-15-2-3-18(28-23(34)31-5-4-16(14-31)13-24(25,26)27)12-19(15)17-10-20(22(32)33)29-21(11-17)30-6-8-35-9-7-30/h2-3,10-12,16H,4-9,13-14H2,1H3,(H,28,34)(H,32,33)/t16-/m0/s1. The second kappa shape index (κ2) is 10.1. The molecule has 0 saturated carbocycles. The molecule has 2 N–H and O–H groups in total. The molecule has 1 aromatic carbocycles. The third-order valence-corrected chi connectivity index (χ3v) is 6.26. The summed E-state index contributed by atoms with van der Waals surface area (Å²) in [6.07, 6.45) is -4.83. The number of pyridine rings is 1. The second-order valence-corrected chi connectivity index (χ2v) is 8.88. The highest BCUT2D eigenvalue weighted by Gasteiger charge is 2.36. The van der Waals surface area contributed by atoms with E-state index in [1.165, 1.54) is 11.0 Å². The highest BCUT2D eigenvalue weighted by molar-refractivity contribution is 5.92. The van der Waals surface area contributed by atoms with E-state index in [1.54, 1.807) is 18.2 Å². The third kappa shape index (κ3) is 6.21. The number of carboxylic acids is 1. The fraction of sp³-hybridized carbons (Fsp3) is 0.458. The van der Waals surface area contributed by atoms with Crippen LogP contribution in [0.5, 0.6) is 0 Å². The van der Waals surface area contributed by atoms with E-state index in [1.807, 2.05) is 17.9 Å². The Morgan fingerprint density at radius 2 is 1.91 bits per heavy atom. The highest BCUT2D eigenvalue weighted by Crippen LogP contribution is 2.32. The lowest BCUT2D eigenvalue weighted by Crippen LogP contribution is -2.37. The topological polar surface area (TPSA) is 95.0 Å². The van der Waals surface area contributed by atoms with Crippen molar-refractivity contribution in [2.45, 2.75) is 25.9 Å². The molecule has 0 radical (unpaired) electrons. The van der Waals surface area contributed by atoms with Crippen molar-refractivity contribution in [1.82, 2.24) is 9.88 Å². The summed E-state index contributed by atoms with van der Waals surface area (Å²) in [5.41, 5.74) is 2.60. The summed E-state index contributed by atoms with van der Waals surface area (Å²) in [4.78, 5) is 32.1. The first-order valence-corrected chi connectivity index (χ1v) is 11.4. The number of carboxylic acid groups (broad SMARTS) is 1. The molecule has 35 heavy (non-hydrogen) atoms. The molecule has 0 bridgehead atoms. The number of aryl methyl sites for hydroxylation is 1. The van der Waals surface area contributed by atoms with Crippen molar-refractivity contribution in [2.75, 3.05) is 49.6 Å². The number of aromatic carboxylic acids is 1. The zero-order chi connectivity index (χ0) is 25.2. The van der Waals surface area contributed by atoms with Crippen LogP contribution in [0.2, 0.25) is 0 Å². The van der Waals surface area contributed by atoms with Crippen LogP contribution >= 0.6 is 0 Å². The lowest BCUT2D eigenvalue weighted by molar-refractivity contribution is -0.143. The van der Waals surface area contributed by atoms with Crippen LogP contribution < -0.4 is 10.2 Å². The molecule has 1 aromatic heterocycles. The Kier molecular flexibility index (Phi) is 7.15. The average molecular weight is 492 g/mol. The second-order valence-electron chi connectivity index (χ2n) is 8.88. The quantitative estimate of drug-likeness (QED) is 0.643. The van der Waals surface area contributed by atoms with Gasteiger partial charge in [-0.25, -0.2) is 14.6 Å². The van der Waals surface area contributed by atoms with Gasteiger partial charge in [0.05, 0.1) is 13.2 Å². The highest BCUT2D eigenvalue weighted by atomic mass is 19.4. The van der Waals surface area contributed by atoms with Gasteiger partial charge in [0, 0.05) is 38.3 Å². The number of nitrogens with zero attached hydrogens (tertiary/aromatic N) is 3. The first-order valence-electron chi connectivity index (χ1n) is 11.4. The predicted octanol–water partition coefficient (Wildman–Crippen LogP) is 4.40. The first kappa shape index (κ1) is 24.8. The van der Waals surface area contributed by atoms with E-state index in [4.69, 9.17) is 4.74 Å². The summed E-state index contributed by atoms with van der Waals surface area (Å²) >= 11 is 0. The summed E-state index contributed by atoms with van der Waals surface area (Å²) in [5.74, 6) is -1.21. The molecule has 2 amide bonds. The van der Waals surface area contributed by atoms with Gasteiger partial charge >= 0.3 is 18.2 Å². The number of alkyl halides is 3. The molecule has 2 aliphatic rings. The van der Waals surface area contributed by atoms with Crippen molar-refractivity contribution in [3.05, 3.63) is 41.6 Å². The fourth-order valence-electron chi connectivity index (χ4n) is 4.46. The van der Waals surface area contributed by atoms with Crippen molar-refractivity contribution in [3.8, 4) is 11.1 Å². The molecule has 11 heteroatoms. The van der Waals surface area contributed by atoms with Crippen molar-refractivity contribution in [3.63, 3.8) is 0 Å². The summed E-state index contributed by atoms with van der Waals surface area (Å²) in [6.45, 7) is 4.42. The van der Waals surface area contributed by atoms with Crippen LogP contribution in [0.25, 0.3) is 11.1 Å². The summed E-state index contributed by atoms with van der Waals surface area (Å²) in [5, 5.41) is 12.4. The minimum atomic E-state index is -4.25. The van der Waals surface area contributed by atoms with Crippen LogP contribution in [0.15, 0.2) is 30.3 Å². The van der Waals surface area contributed by atoms with E-state index in [0.29, 0.717) is 49.8 Å². The molecular weight excluding hydrogens is 465 g/mol. The van der Waals surface area contributed by atoms with Gasteiger partial charge in [-0.15, -0.1) is 0 Å². The number of ether oxygens (including phenoxy) is 1. The number of carbonyl (C=O) groups excluding carboxylic acids is 1. The number of hydrogen-bond acceptors (Lipinski definition) is 5. The van der Waals surface area contributed by atoms with Gasteiger partial charge < -0.3 is 25.0 Å². The molecule has 2 aromatic rings. The fourth-order valence-corrected chi connectivity index (χ4v) is 4.46. The lowest BCUT2D eigenvalue weighted by Gasteiger charge is -2.28. The minimum absolute atomic E-state index is 0.0549. The molecule has 2 fully saturated rings. The average Bonchev–Trinajstić information content (AvgIpc) is 3.27. The number of urea groups is 1. The number of amides is 2. The van der Waals surface area contributed by atoms with Crippen LogP contribution in [0.4, 0.5) is 29.5 Å². The van der Waals surface area contributed by atoms with E-state index in [9.17, 15) is 27.9 Å². The lowest BCUT2D eigenvalue weighted by atomic mass is 9.99. The molecule has 3 heterocycles. The number of carbonyl (C=O) groups is 2. The number of likely N-dealkylation sites (tertiary alicyclic amines) is 1. The predicted molar refractivity (Wildman–Crippen MR) is 124 cm³/mol. The van der Waals surface area contributed by atoms with Gasteiger partial charge in [0.1, 0.15) is 5.82 Å². The Morgan fingerprint density at radius 3 is 2.60 bits per heavy atom. The molecular formula is C24H27F3N4O4. The molecule has 8 nitrogen and oxygen atoms in total. The van der Waals surface area contributed by atoms with E-state index in [0.717, 1.165) is 11.1 Å². The van der Waals surface area contributed by atoms with Crippen molar-refractivity contribution in [1.29, 1.82) is 0 Å². The summed E-state index contributed by atoms with van der Waals surface area (Å²) in [6, 6.07) is 8.09. The molecule has 2 saturated heterocycles. The van der Waals surface area contributed by atoms with Crippen molar-refractivity contribution in [2.24, 2.45) is 5.92 Å². The van der Waals surface area contributed by atoms with Gasteiger partial charge in [0.25, 0.3) is 0 Å². The molecule has 188 valence electrons. The van der Waals surface area contributed by atoms with E-state index in [-0.39, 0.29) is 18.8 Å². The molecule has 0 spiro atoms. The number of nitrogens with one attached hydrogen (secondary N) is 1. The van der Waals surface area contributed by atoms with Gasteiger partial charge in [-0.3, -0.25) is 0 Å². The van der Waals surface area contributed by atoms with Crippen molar-refractivity contribution < 1.29 is 32.6 Å². The van der Waals surface area contributed by atoms with Crippen LogP contribution in [0, 0.1) is 12.8 Å². The molecule has 0 aliphatic carbocycles. The van der Waals surface area contributed by atoms with Crippen LogP contribution in [-0.4, -0.2) is 72.6 Å². The van der Waals surface area contributed by atoms with Gasteiger partial charge in [0.15, 0.2) is 5.69 Å². The molecule has 1 atom stereocenters. The number of halogens is 3. The van der Waals surface area contributed by atoms with Crippen LogP contribution in [-0.2, 0) is 4.74 Å². The minimum Gasteiger partial charge on any atom is -0.477 e. The zero-order valence-corrected chi connectivity index (χ0v) is 19.3. The van der Waals surface area contributed by atoms with Crippen LogP contribution in [0.1, 0.15) is 28.9 Å². The maximum absolute atomic E-state index is 12.7. The monoisotopic (exact) mass is 492 g/mol. The van der Waals surface area contributed by atoms with Gasteiger partial charge in [-0.2, -0.15) is 13.2 Å². The Hall–Kier alpha value is -3.34. The number of anilines is 2. The Morgan fingerprint density at radius 1 is 1.17 bits per heavy atom. The molecule has 4 rings (SSSR count). The van der Waals surface area contributed by atoms with Gasteiger partial charge in [0.2, 0.25) is 0 Å². The van der Waals surface area contributed by atoms with Gasteiger partial charge in [-0.1, -0.05) is 6.07 Å². The number of benzene rings is 1. The maximum atomic E-state index is 12.7. The normalized spacial score (nSPS) is 18.6.